The minimum absolute atomic E-state index is 0.0984. The maximum absolute atomic E-state index is 12.9. The fraction of sp³-hybridized carbons (Fsp3) is 0.391. The van der Waals surface area contributed by atoms with Crippen LogP contribution in [0.1, 0.15) is 12.0 Å². The van der Waals surface area contributed by atoms with Crippen LogP contribution < -0.4 is 15.1 Å². The molecule has 2 heterocycles. The second kappa shape index (κ2) is 8.99. The number of aliphatic imine (C=N–C) groups is 1. The first-order chi connectivity index (χ1) is 14.3. The molecule has 2 aromatic rings. The van der Waals surface area contributed by atoms with Crippen molar-refractivity contribution in [2.24, 2.45) is 4.99 Å². The Morgan fingerprint density at radius 1 is 0.966 bits per heavy atom. The molecule has 1 saturated heterocycles. The van der Waals surface area contributed by atoms with Crippen molar-refractivity contribution in [1.29, 1.82) is 0 Å². The molecule has 1 N–H and O–H groups in total. The van der Waals surface area contributed by atoms with Gasteiger partial charge in [0, 0.05) is 51.1 Å². The van der Waals surface area contributed by atoms with E-state index in [1.807, 2.05) is 29.2 Å². The molecule has 0 atom stereocenters. The lowest BCUT2D eigenvalue weighted by atomic mass is 10.0. The lowest BCUT2D eigenvalue weighted by Gasteiger charge is -2.38. The van der Waals surface area contributed by atoms with E-state index in [0.717, 1.165) is 57.2 Å². The third-order valence-electron chi connectivity index (χ3n) is 5.72. The van der Waals surface area contributed by atoms with Crippen LogP contribution >= 0.6 is 0 Å². The van der Waals surface area contributed by atoms with E-state index in [-0.39, 0.29) is 12.5 Å². The van der Waals surface area contributed by atoms with Crippen LogP contribution in [0.5, 0.6) is 0 Å². The summed E-state index contributed by atoms with van der Waals surface area (Å²) >= 11 is 0. The number of anilines is 2. The van der Waals surface area contributed by atoms with Gasteiger partial charge in [-0.15, -0.1) is 0 Å². The molecule has 0 aliphatic carbocycles. The van der Waals surface area contributed by atoms with Gasteiger partial charge in [0.25, 0.3) is 0 Å². The molecule has 4 rings (SSSR count). The molecular formula is C23H29N5O. The highest BCUT2D eigenvalue weighted by Gasteiger charge is 2.24. The molecular weight excluding hydrogens is 362 g/mol. The topological polar surface area (TPSA) is 51.2 Å². The highest BCUT2D eigenvalue weighted by Crippen LogP contribution is 2.26. The maximum atomic E-state index is 12.9. The number of carbonyl (C=O) groups excluding carboxylic acids is 1. The zero-order chi connectivity index (χ0) is 20.1. The number of aryl methyl sites for hydroxylation is 1. The van der Waals surface area contributed by atoms with Gasteiger partial charge in [0.15, 0.2) is 5.96 Å². The second-order valence-corrected chi connectivity index (χ2v) is 7.49. The van der Waals surface area contributed by atoms with Gasteiger partial charge in [-0.05, 0) is 36.6 Å². The number of carbonyl (C=O) groups is 1. The molecule has 6 nitrogen and oxygen atoms in total. The van der Waals surface area contributed by atoms with E-state index < -0.39 is 0 Å². The smallest absolute Gasteiger partial charge is 0.246 e. The van der Waals surface area contributed by atoms with Crippen LogP contribution in [0.25, 0.3) is 0 Å². The van der Waals surface area contributed by atoms with Crippen LogP contribution in [0.3, 0.4) is 0 Å². The molecule has 0 saturated carbocycles. The molecule has 1 amide bonds. The Bertz CT molecular complexity index is 859. The van der Waals surface area contributed by atoms with Gasteiger partial charge < -0.3 is 20.0 Å². The monoisotopic (exact) mass is 391 g/mol. The van der Waals surface area contributed by atoms with Crippen molar-refractivity contribution in [3.05, 3.63) is 60.2 Å². The van der Waals surface area contributed by atoms with E-state index in [9.17, 15) is 4.79 Å². The summed E-state index contributed by atoms with van der Waals surface area (Å²) in [5, 5.41) is 3.29. The number of amides is 1. The van der Waals surface area contributed by atoms with Crippen LogP contribution in [0, 0.1) is 0 Å². The third kappa shape index (κ3) is 4.36. The molecule has 0 unspecified atom stereocenters. The zero-order valence-electron chi connectivity index (χ0n) is 17.1. The van der Waals surface area contributed by atoms with Gasteiger partial charge >= 0.3 is 0 Å². The first-order valence-corrected chi connectivity index (χ1v) is 10.4. The molecule has 2 aliphatic rings. The van der Waals surface area contributed by atoms with Crippen LogP contribution in [-0.4, -0.2) is 63.1 Å². The van der Waals surface area contributed by atoms with E-state index in [0.29, 0.717) is 0 Å². The Kier molecular flexibility index (Phi) is 5.98. The Morgan fingerprint density at radius 3 is 2.45 bits per heavy atom. The van der Waals surface area contributed by atoms with Crippen molar-refractivity contribution in [3.8, 4) is 0 Å². The van der Waals surface area contributed by atoms with Crippen LogP contribution in [0.4, 0.5) is 11.4 Å². The predicted molar refractivity (Wildman–Crippen MR) is 119 cm³/mol. The fourth-order valence-electron chi connectivity index (χ4n) is 4.19. The van der Waals surface area contributed by atoms with Crippen molar-refractivity contribution in [3.63, 3.8) is 0 Å². The number of rotatable bonds is 3. The minimum atomic E-state index is 0.0984. The summed E-state index contributed by atoms with van der Waals surface area (Å²) in [4.78, 5) is 23.8. The molecule has 0 spiro atoms. The molecule has 0 radical (unpaired) electrons. The zero-order valence-corrected chi connectivity index (χ0v) is 17.1. The lowest BCUT2D eigenvalue weighted by molar-refractivity contribution is -0.117. The van der Waals surface area contributed by atoms with Crippen LogP contribution in [0.2, 0.25) is 0 Å². The fourth-order valence-corrected chi connectivity index (χ4v) is 4.19. The summed E-state index contributed by atoms with van der Waals surface area (Å²) in [6, 6.07) is 18.7. The standard InChI is InChI=1S/C23H29N5O/c1-24-23(27-16-14-26(15-17-27)20-10-3-2-4-11-20)25-18-22(29)28-13-7-9-19-8-5-6-12-21(19)28/h2-6,8,10-12H,7,9,13-18H2,1H3,(H,24,25). The van der Waals surface area contributed by atoms with E-state index >= 15 is 0 Å². The number of nitrogens with one attached hydrogen (secondary N) is 1. The van der Waals surface area contributed by atoms with Crippen molar-refractivity contribution >= 4 is 23.2 Å². The molecule has 6 heteroatoms. The van der Waals surface area contributed by atoms with Gasteiger partial charge in [0.1, 0.15) is 0 Å². The molecule has 0 bridgehead atoms. The number of benzene rings is 2. The number of hydrogen-bond acceptors (Lipinski definition) is 3. The number of hydrogen-bond donors (Lipinski definition) is 1. The SMILES string of the molecule is CN=C(NCC(=O)N1CCCc2ccccc21)N1CCN(c2ccccc2)CC1. The Balaban J connectivity index is 1.32. The summed E-state index contributed by atoms with van der Waals surface area (Å²) in [5.74, 6) is 0.901. The van der Waals surface area contributed by atoms with Gasteiger partial charge in [-0.1, -0.05) is 36.4 Å². The van der Waals surface area contributed by atoms with E-state index in [1.54, 1.807) is 7.05 Å². The highest BCUT2D eigenvalue weighted by molar-refractivity contribution is 5.98. The normalized spacial score (nSPS) is 17.1. The van der Waals surface area contributed by atoms with Gasteiger partial charge in [-0.25, -0.2) is 0 Å². The number of guanidine groups is 1. The summed E-state index contributed by atoms with van der Waals surface area (Å²) in [6.07, 6.45) is 2.06. The van der Waals surface area contributed by atoms with Crippen molar-refractivity contribution in [2.45, 2.75) is 12.8 Å². The van der Waals surface area contributed by atoms with E-state index in [4.69, 9.17) is 0 Å². The van der Waals surface area contributed by atoms with Crippen LogP contribution in [-0.2, 0) is 11.2 Å². The lowest BCUT2D eigenvalue weighted by Crippen LogP contribution is -2.54. The molecule has 2 aromatic carbocycles. The van der Waals surface area contributed by atoms with E-state index in [2.05, 4.69) is 50.4 Å². The Hall–Kier alpha value is -3.02. The highest BCUT2D eigenvalue weighted by atomic mass is 16.2. The van der Waals surface area contributed by atoms with E-state index in [1.165, 1.54) is 11.3 Å². The molecule has 0 aromatic heterocycles. The second-order valence-electron chi connectivity index (χ2n) is 7.49. The first-order valence-electron chi connectivity index (χ1n) is 10.4. The maximum Gasteiger partial charge on any atom is 0.246 e. The largest absolute Gasteiger partial charge is 0.368 e. The minimum Gasteiger partial charge on any atom is -0.368 e. The summed E-state index contributed by atoms with van der Waals surface area (Å²) in [5.41, 5.74) is 3.57. The molecule has 2 aliphatic heterocycles. The van der Waals surface area contributed by atoms with Gasteiger partial charge in [-0.3, -0.25) is 9.79 Å². The quantitative estimate of drug-likeness (QED) is 0.645. The molecule has 1 fully saturated rings. The Labute approximate surface area is 172 Å². The predicted octanol–water partition coefficient (Wildman–Crippen LogP) is 2.36. The van der Waals surface area contributed by atoms with Crippen molar-refractivity contribution in [2.75, 3.05) is 56.1 Å². The number of piperazine rings is 1. The van der Waals surface area contributed by atoms with Gasteiger partial charge in [-0.2, -0.15) is 0 Å². The first kappa shape index (κ1) is 19.3. The average Bonchev–Trinajstić information content (AvgIpc) is 2.80. The number of nitrogens with zero attached hydrogens (tertiary/aromatic N) is 4. The summed E-state index contributed by atoms with van der Waals surface area (Å²) in [7, 11) is 1.78. The Morgan fingerprint density at radius 2 is 1.69 bits per heavy atom. The van der Waals surface area contributed by atoms with Gasteiger partial charge in [0.05, 0.1) is 6.54 Å². The number of para-hydroxylation sites is 2. The third-order valence-corrected chi connectivity index (χ3v) is 5.72. The van der Waals surface area contributed by atoms with Crippen molar-refractivity contribution in [1.82, 2.24) is 10.2 Å². The summed E-state index contributed by atoms with van der Waals surface area (Å²) in [6.45, 7) is 4.70. The summed E-state index contributed by atoms with van der Waals surface area (Å²) < 4.78 is 0. The molecule has 29 heavy (non-hydrogen) atoms. The molecule has 152 valence electrons. The van der Waals surface area contributed by atoms with Gasteiger partial charge in [0.2, 0.25) is 5.91 Å². The number of fused-ring (bicyclic) bond motifs is 1. The average molecular weight is 392 g/mol. The van der Waals surface area contributed by atoms with Crippen LogP contribution in [0.15, 0.2) is 59.6 Å². The van der Waals surface area contributed by atoms with Crippen molar-refractivity contribution < 1.29 is 4.79 Å².